The van der Waals surface area contributed by atoms with E-state index < -0.39 is 10.9 Å². The number of hydrogen-bond donors (Lipinski definition) is 1. The lowest BCUT2D eigenvalue weighted by molar-refractivity contribution is 0.248. The first-order chi connectivity index (χ1) is 4.68. The van der Waals surface area contributed by atoms with Crippen LogP contribution in [0.3, 0.4) is 0 Å². The summed E-state index contributed by atoms with van der Waals surface area (Å²) in [5, 5.41) is 0. The Morgan fingerprint density at radius 3 is 2.30 bits per heavy atom. The molecule has 0 aromatic rings. The fourth-order valence-corrected chi connectivity index (χ4v) is 1.90. The van der Waals surface area contributed by atoms with Crippen LogP contribution in [-0.4, -0.2) is 24.0 Å². The zero-order valence-electron chi connectivity index (χ0n) is 6.79. The molecular formula is C6H16O3S. The van der Waals surface area contributed by atoms with E-state index in [0.29, 0.717) is 12.4 Å². The predicted octanol–water partition coefficient (Wildman–Crippen LogP) is 2.19. The van der Waals surface area contributed by atoms with Crippen molar-refractivity contribution < 1.29 is 12.9 Å². The monoisotopic (exact) mass is 168 g/mol. The molecule has 4 heteroatoms. The summed E-state index contributed by atoms with van der Waals surface area (Å²) < 4.78 is 19.3. The molecule has 1 unspecified atom stereocenters. The summed E-state index contributed by atoms with van der Waals surface area (Å²) in [4.78, 5) is 0. The van der Waals surface area contributed by atoms with E-state index in [0.717, 1.165) is 6.42 Å². The van der Waals surface area contributed by atoms with E-state index in [2.05, 4.69) is 0 Å². The van der Waals surface area contributed by atoms with Gasteiger partial charge < -0.3 is 4.55 Å². The molecule has 0 spiro atoms. The normalized spacial score (nSPS) is 20.0. The predicted molar refractivity (Wildman–Crippen MR) is 44.0 cm³/mol. The SMILES string of the molecule is CCCS(O)(OC)OCC. The van der Waals surface area contributed by atoms with E-state index in [1.165, 1.54) is 7.11 Å². The number of rotatable bonds is 5. The van der Waals surface area contributed by atoms with Crippen molar-refractivity contribution in [1.29, 1.82) is 0 Å². The van der Waals surface area contributed by atoms with Crippen molar-refractivity contribution in [3.8, 4) is 0 Å². The molecule has 0 saturated carbocycles. The van der Waals surface area contributed by atoms with Crippen molar-refractivity contribution in [2.75, 3.05) is 19.5 Å². The lowest BCUT2D eigenvalue weighted by atomic mass is 10.6. The largest absolute Gasteiger partial charge is 0.308 e. The Hall–Kier alpha value is 0.230. The second-order valence-corrected chi connectivity index (χ2v) is 4.00. The van der Waals surface area contributed by atoms with E-state index in [1.807, 2.05) is 13.8 Å². The van der Waals surface area contributed by atoms with Gasteiger partial charge in [-0.1, -0.05) is 6.92 Å². The fraction of sp³-hybridized carbons (Fsp3) is 1.00. The van der Waals surface area contributed by atoms with Gasteiger partial charge in [0, 0.05) is 5.75 Å². The summed E-state index contributed by atoms with van der Waals surface area (Å²) in [5.41, 5.74) is 0. The molecule has 0 rings (SSSR count). The molecule has 0 aromatic heterocycles. The second-order valence-electron chi connectivity index (χ2n) is 1.86. The van der Waals surface area contributed by atoms with Crippen LogP contribution in [0, 0.1) is 0 Å². The van der Waals surface area contributed by atoms with Crippen LogP contribution in [0.4, 0.5) is 0 Å². The van der Waals surface area contributed by atoms with Crippen molar-refractivity contribution in [2.45, 2.75) is 20.3 Å². The van der Waals surface area contributed by atoms with Gasteiger partial charge in [0.25, 0.3) is 0 Å². The van der Waals surface area contributed by atoms with E-state index >= 15 is 0 Å². The summed E-state index contributed by atoms with van der Waals surface area (Å²) in [6, 6.07) is 0. The molecule has 0 radical (unpaired) electrons. The van der Waals surface area contributed by atoms with Crippen molar-refractivity contribution in [1.82, 2.24) is 0 Å². The highest BCUT2D eigenvalue weighted by Gasteiger charge is 2.17. The lowest BCUT2D eigenvalue weighted by Crippen LogP contribution is -2.09. The highest BCUT2D eigenvalue weighted by Crippen LogP contribution is 2.45. The standard InChI is InChI=1S/C6H16O3S/c1-4-6-10(7,8-3)9-5-2/h7H,4-6H2,1-3H3. The molecule has 10 heavy (non-hydrogen) atoms. The van der Waals surface area contributed by atoms with Crippen LogP contribution in [0.25, 0.3) is 0 Å². The maximum Gasteiger partial charge on any atom is 0.0858 e. The van der Waals surface area contributed by atoms with E-state index in [1.54, 1.807) is 0 Å². The van der Waals surface area contributed by atoms with Crippen LogP contribution in [-0.2, 0) is 8.37 Å². The molecule has 0 fully saturated rings. The fourth-order valence-electron chi connectivity index (χ4n) is 0.632. The quantitative estimate of drug-likeness (QED) is 0.684. The van der Waals surface area contributed by atoms with Crippen LogP contribution in [0.1, 0.15) is 20.3 Å². The molecule has 0 amide bonds. The first-order valence-corrected chi connectivity index (χ1v) is 5.02. The molecule has 3 nitrogen and oxygen atoms in total. The van der Waals surface area contributed by atoms with Crippen molar-refractivity contribution in [3.05, 3.63) is 0 Å². The molecule has 1 N–H and O–H groups in total. The maximum atomic E-state index is 9.46. The molecule has 0 bridgehead atoms. The van der Waals surface area contributed by atoms with Gasteiger partial charge in [0.2, 0.25) is 0 Å². The smallest absolute Gasteiger partial charge is 0.0858 e. The molecule has 0 heterocycles. The van der Waals surface area contributed by atoms with Gasteiger partial charge in [0.05, 0.1) is 24.6 Å². The molecule has 64 valence electrons. The molecule has 1 atom stereocenters. The zero-order chi connectivity index (χ0) is 8.04. The summed E-state index contributed by atoms with van der Waals surface area (Å²) >= 11 is 0. The Bertz CT molecular complexity index is 81.1. The van der Waals surface area contributed by atoms with Gasteiger partial charge >= 0.3 is 0 Å². The summed E-state index contributed by atoms with van der Waals surface area (Å²) in [7, 11) is -0.704. The number of hydrogen-bond acceptors (Lipinski definition) is 3. The van der Waals surface area contributed by atoms with Crippen LogP contribution in [0.15, 0.2) is 0 Å². The highest BCUT2D eigenvalue weighted by molar-refractivity contribution is 8.21. The van der Waals surface area contributed by atoms with Gasteiger partial charge in [0.1, 0.15) is 0 Å². The summed E-state index contributed by atoms with van der Waals surface area (Å²) in [6.45, 7) is 4.32. The van der Waals surface area contributed by atoms with Crippen LogP contribution >= 0.6 is 10.9 Å². The van der Waals surface area contributed by atoms with Gasteiger partial charge in [-0.05, 0) is 13.3 Å². The van der Waals surface area contributed by atoms with Gasteiger partial charge in [-0.3, -0.25) is 8.37 Å². The van der Waals surface area contributed by atoms with Gasteiger partial charge in [0.15, 0.2) is 0 Å². The van der Waals surface area contributed by atoms with Crippen molar-refractivity contribution >= 4 is 10.9 Å². The van der Waals surface area contributed by atoms with E-state index in [9.17, 15) is 4.55 Å². The topological polar surface area (TPSA) is 38.7 Å². The molecule has 0 aliphatic carbocycles. The Balaban J connectivity index is 3.69. The van der Waals surface area contributed by atoms with Crippen molar-refractivity contribution in [3.63, 3.8) is 0 Å². The van der Waals surface area contributed by atoms with E-state index in [4.69, 9.17) is 8.37 Å². The Morgan fingerprint density at radius 1 is 1.40 bits per heavy atom. The third-order valence-corrected chi connectivity index (χ3v) is 3.07. The Labute approximate surface area is 64.3 Å². The Morgan fingerprint density at radius 2 is 2.00 bits per heavy atom. The minimum atomic E-state index is -2.18. The van der Waals surface area contributed by atoms with E-state index in [-0.39, 0.29) is 0 Å². The molecular weight excluding hydrogens is 152 g/mol. The van der Waals surface area contributed by atoms with Gasteiger partial charge in [-0.2, -0.15) is 0 Å². The molecule has 0 aromatic carbocycles. The zero-order valence-corrected chi connectivity index (χ0v) is 7.61. The maximum absolute atomic E-state index is 9.46. The lowest BCUT2D eigenvalue weighted by Gasteiger charge is -2.29. The summed E-state index contributed by atoms with van der Waals surface area (Å²) in [5.74, 6) is 0.595. The average molecular weight is 168 g/mol. The Kier molecular flexibility index (Phi) is 5.07. The minimum absolute atomic E-state index is 0.500. The highest BCUT2D eigenvalue weighted by atomic mass is 32.3. The van der Waals surface area contributed by atoms with Crippen LogP contribution in [0.2, 0.25) is 0 Å². The van der Waals surface area contributed by atoms with Crippen LogP contribution in [0.5, 0.6) is 0 Å². The summed E-state index contributed by atoms with van der Waals surface area (Å²) in [6.07, 6.45) is 0.875. The minimum Gasteiger partial charge on any atom is -0.308 e. The second kappa shape index (κ2) is 4.96. The molecule has 0 saturated heterocycles. The third-order valence-electron chi connectivity index (χ3n) is 1.02. The average Bonchev–Trinajstić information content (AvgIpc) is 1.89. The van der Waals surface area contributed by atoms with Crippen molar-refractivity contribution in [2.24, 2.45) is 0 Å². The van der Waals surface area contributed by atoms with Gasteiger partial charge in [-0.15, -0.1) is 0 Å². The molecule has 0 aliphatic rings. The third kappa shape index (κ3) is 3.41. The van der Waals surface area contributed by atoms with Gasteiger partial charge in [-0.25, -0.2) is 0 Å². The molecule has 0 aliphatic heterocycles. The van der Waals surface area contributed by atoms with Crippen LogP contribution < -0.4 is 0 Å². The first kappa shape index (κ1) is 10.2. The first-order valence-electron chi connectivity index (χ1n) is 3.42.